The van der Waals surface area contributed by atoms with E-state index in [1.165, 1.54) is 66.8 Å². The van der Waals surface area contributed by atoms with Gasteiger partial charge in [0.05, 0.1) is 0 Å². The molecule has 0 bridgehead atoms. The quantitative estimate of drug-likeness (QED) is 0.172. The summed E-state index contributed by atoms with van der Waals surface area (Å²) in [6, 6.07) is 54.2. The molecule has 0 fully saturated rings. The molecule has 0 N–H and O–H groups in total. The highest BCUT2D eigenvalue weighted by atomic mass is 14.4. The molecule has 1 atom stereocenters. The minimum Gasteiger partial charge on any atom is -0.0642 e. The molecule has 0 saturated carbocycles. The summed E-state index contributed by atoms with van der Waals surface area (Å²) in [6.45, 7) is 14.3. The van der Waals surface area contributed by atoms with Crippen LogP contribution in [0.4, 0.5) is 0 Å². The van der Waals surface area contributed by atoms with Crippen LogP contribution in [0, 0.1) is 0 Å². The average molecular weight is 597 g/mol. The molecule has 1 aliphatic carbocycles. The molecule has 0 aliphatic heterocycles. The monoisotopic (exact) mass is 596 g/mol. The Kier molecular flexibility index (Phi) is 7.36. The van der Waals surface area contributed by atoms with Crippen molar-refractivity contribution in [3.63, 3.8) is 0 Å². The molecule has 0 saturated heterocycles. The minimum absolute atomic E-state index is 0.0956. The van der Waals surface area contributed by atoms with Crippen LogP contribution >= 0.6 is 0 Å². The van der Waals surface area contributed by atoms with Crippen molar-refractivity contribution in [2.45, 2.75) is 64.2 Å². The number of benzene rings is 6. The van der Waals surface area contributed by atoms with Crippen LogP contribution in [0.1, 0.15) is 81.3 Å². The van der Waals surface area contributed by atoms with E-state index >= 15 is 0 Å². The van der Waals surface area contributed by atoms with Crippen LogP contribution in [0.3, 0.4) is 0 Å². The standard InChI is InChI=1S/C46H44/c1-7-46(6,38-23-15-21-35(29-38)33-18-12-9-13-19-33)39-25-27-41-40-26-24-37(30-42(40)45(4,5)43(41)31-39)44(2,3)36-22-14-20-34(28-36)32-16-10-8-11-17-32/h8-31H,7H2,1-6H3. The van der Waals surface area contributed by atoms with Crippen LogP contribution in [0.25, 0.3) is 33.4 Å². The van der Waals surface area contributed by atoms with E-state index in [0.29, 0.717) is 0 Å². The minimum atomic E-state index is -0.139. The van der Waals surface area contributed by atoms with Crippen molar-refractivity contribution >= 4 is 0 Å². The van der Waals surface area contributed by atoms with Crippen LogP contribution in [-0.2, 0) is 16.2 Å². The first-order valence-electron chi connectivity index (χ1n) is 16.8. The second kappa shape index (κ2) is 11.3. The SMILES string of the molecule is CCC(C)(c1cccc(-c2ccccc2)c1)c1ccc2c(c1)C(C)(C)c1cc(C(C)(C)c3cccc(-c4ccccc4)c3)ccc1-2. The number of hydrogen-bond acceptors (Lipinski definition) is 0. The summed E-state index contributed by atoms with van der Waals surface area (Å²) in [5, 5.41) is 0. The first-order chi connectivity index (χ1) is 22.1. The normalized spacial score (nSPS) is 14.7. The van der Waals surface area contributed by atoms with Gasteiger partial charge in [0.1, 0.15) is 0 Å². The van der Waals surface area contributed by atoms with Gasteiger partial charge in [-0.05, 0) is 73.2 Å². The molecule has 0 heteroatoms. The van der Waals surface area contributed by atoms with E-state index in [2.05, 4.69) is 187 Å². The second-order valence-corrected chi connectivity index (χ2v) is 14.4. The van der Waals surface area contributed by atoms with Crippen molar-refractivity contribution in [3.05, 3.63) is 179 Å². The van der Waals surface area contributed by atoms with Crippen molar-refractivity contribution in [2.24, 2.45) is 0 Å². The fourth-order valence-electron chi connectivity index (χ4n) is 7.60. The second-order valence-electron chi connectivity index (χ2n) is 14.4. The molecule has 0 radical (unpaired) electrons. The number of rotatable bonds is 7. The highest BCUT2D eigenvalue weighted by molar-refractivity contribution is 5.82. The van der Waals surface area contributed by atoms with Crippen molar-refractivity contribution < 1.29 is 0 Å². The Morgan fingerprint density at radius 3 is 1.39 bits per heavy atom. The molecule has 46 heavy (non-hydrogen) atoms. The molecule has 6 aromatic carbocycles. The Balaban J connectivity index is 1.25. The molecule has 0 aromatic heterocycles. The lowest BCUT2D eigenvalue weighted by Crippen LogP contribution is -2.24. The van der Waals surface area contributed by atoms with Crippen molar-refractivity contribution in [3.8, 4) is 33.4 Å². The molecule has 228 valence electrons. The first kappa shape index (κ1) is 30.0. The van der Waals surface area contributed by atoms with Crippen molar-refractivity contribution in [1.29, 1.82) is 0 Å². The average Bonchev–Trinajstić information content (AvgIpc) is 3.34. The van der Waals surface area contributed by atoms with Gasteiger partial charge in [-0.2, -0.15) is 0 Å². The summed E-state index contributed by atoms with van der Waals surface area (Å²) in [4.78, 5) is 0. The van der Waals surface area contributed by atoms with Gasteiger partial charge in [-0.1, -0.05) is 187 Å². The maximum absolute atomic E-state index is 2.52. The van der Waals surface area contributed by atoms with Gasteiger partial charge < -0.3 is 0 Å². The number of fused-ring (bicyclic) bond motifs is 3. The Hall–Kier alpha value is -4.68. The van der Waals surface area contributed by atoms with Crippen LogP contribution in [-0.4, -0.2) is 0 Å². The Morgan fingerprint density at radius 1 is 0.435 bits per heavy atom. The maximum Gasteiger partial charge on any atom is 0.0172 e. The molecular weight excluding hydrogens is 553 g/mol. The third-order valence-corrected chi connectivity index (χ3v) is 11.0. The van der Waals surface area contributed by atoms with Crippen molar-refractivity contribution in [2.75, 3.05) is 0 Å². The van der Waals surface area contributed by atoms with E-state index in [-0.39, 0.29) is 16.2 Å². The Morgan fingerprint density at radius 2 is 0.848 bits per heavy atom. The van der Waals surface area contributed by atoms with Gasteiger partial charge in [0.2, 0.25) is 0 Å². The predicted octanol–water partition coefficient (Wildman–Crippen LogP) is 12.4. The molecule has 7 rings (SSSR count). The van der Waals surface area contributed by atoms with E-state index in [4.69, 9.17) is 0 Å². The summed E-state index contributed by atoms with van der Waals surface area (Å²) in [6.07, 6.45) is 1.03. The molecule has 0 nitrogen and oxygen atoms in total. The zero-order valence-corrected chi connectivity index (χ0v) is 28.1. The largest absolute Gasteiger partial charge is 0.0642 e. The molecule has 1 unspecified atom stereocenters. The van der Waals surface area contributed by atoms with E-state index < -0.39 is 0 Å². The lowest BCUT2D eigenvalue weighted by Gasteiger charge is -2.32. The molecular formula is C46H44. The predicted molar refractivity (Wildman–Crippen MR) is 197 cm³/mol. The summed E-state index contributed by atoms with van der Waals surface area (Å²) in [5.74, 6) is 0. The zero-order chi connectivity index (χ0) is 32.1. The van der Waals surface area contributed by atoms with Gasteiger partial charge in [0, 0.05) is 16.2 Å². The maximum atomic E-state index is 2.52. The molecule has 6 aromatic rings. The van der Waals surface area contributed by atoms with Gasteiger partial charge >= 0.3 is 0 Å². The lowest BCUT2D eigenvalue weighted by atomic mass is 9.71. The van der Waals surface area contributed by atoms with Gasteiger partial charge in [-0.3, -0.25) is 0 Å². The van der Waals surface area contributed by atoms with Gasteiger partial charge in [0.25, 0.3) is 0 Å². The van der Waals surface area contributed by atoms with E-state index in [0.717, 1.165) is 6.42 Å². The van der Waals surface area contributed by atoms with Crippen LogP contribution in [0.15, 0.2) is 146 Å². The lowest BCUT2D eigenvalue weighted by molar-refractivity contribution is 0.547. The smallest absolute Gasteiger partial charge is 0.0172 e. The highest BCUT2D eigenvalue weighted by Crippen LogP contribution is 2.52. The fraction of sp³-hybridized carbons (Fsp3) is 0.217. The Bertz CT molecular complexity index is 2030. The van der Waals surface area contributed by atoms with Gasteiger partial charge in [-0.25, -0.2) is 0 Å². The van der Waals surface area contributed by atoms with E-state index in [1.807, 2.05) is 0 Å². The molecule has 0 spiro atoms. The fourth-order valence-corrected chi connectivity index (χ4v) is 7.60. The first-order valence-corrected chi connectivity index (χ1v) is 16.8. The topological polar surface area (TPSA) is 0 Å². The Labute approximate surface area is 275 Å². The summed E-state index contributed by atoms with van der Waals surface area (Å²) >= 11 is 0. The number of hydrogen-bond donors (Lipinski definition) is 0. The summed E-state index contributed by atoms with van der Waals surface area (Å²) in [7, 11) is 0. The zero-order valence-electron chi connectivity index (χ0n) is 28.1. The van der Waals surface area contributed by atoms with Crippen molar-refractivity contribution in [1.82, 2.24) is 0 Å². The van der Waals surface area contributed by atoms with Crippen LogP contribution in [0.2, 0.25) is 0 Å². The molecule has 0 amide bonds. The van der Waals surface area contributed by atoms with E-state index in [9.17, 15) is 0 Å². The molecule has 1 aliphatic rings. The third-order valence-electron chi connectivity index (χ3n) is 11.0. The third kappa shape index (κ3) is 4.92. The van der Waals surface area contributed by atoms with Crippen LogP contribution < -0.4 is 0 Å². The van der Waals surface area contributed by atoms with Gasteiger partial charge in [-0.15, -0.1) is 0 Å². The van der Waals surface area contributed by atoms with Crippen LogP contribution in [0.5, 0.6) is 0 Å². The summed E-state index contributed by atoms with van der Waals surface area (Å²) < 4.78 is 0. The van der Waals surface area contributed by atoms with E-state index in [1.54, 1.807) is 0 Å². The highest BCUT2D eigenvalue weighted by Gasteiger charge is 2.39. The summed E-state index contributed by atoms with van der Waals surface area (Å²) in [5.41, 5.74) is 15.8. The molecule has 0 heterocycles. The van der Waals surface area contributed by atoms with Gasteiger partial charge in [0.15, 0.2) is 0 Å².